The van der Waals surface area contributed by atoms with E-state index in [0.717, 1.165) is 6.07 Å². The quantitative estimate of drug-likeness (QED) is 0.459. The van der Waals surface area contributed by atoms with Crippen LogP contribution in [-0.4, -0.2) is 41.5 Å². The van der Waals surface area contributed by atoms with Gasteiger partial charge >= 0.3 is 12.1 Å². The molecule has 0 saturated carbocycles. The van der Waals surface area contributed by atoms with Crippen molar-refractivity contribution in [3.05, 3.63) is 35.4 Å². The number of nitrogens with zero attached hydrogens (tertiary/aromatic N) is 1. The lowest BCUT2D eigenvalue weighted by atomic mass is 10.0. The largest absolute Gasteiger partial charge is 0.466 e. The number of benzene rings is 1. The molecule has 0 saturated heterocycles. The number of rotatable bonds is 7. The van der Waals surface area contributed by atoms with Gasteiger partial charge in [0, 0.05) is 12.5 Å². The van der Waals surface area contributed by atoms with Gasteiger partial charge in [0.25, 0.3) is 11.6 Å². The van der Waals surface area contributed by atoms with Crippen molar-refractivity contribution in [2.45, 2.75) is 38.1 Å². The molecule has 1 aromatic rings. The summed E-state index contributed by atoms with van der Waals surface area (Å²) in [5, 5.41) is 9.46. The smallest absolute Gasteiger partial charge is 0.443 e. The summed E-state index contributed by atoms with van der Waals surface area (Å²) in [5.74, 6) is -1.59. The average Bonchev–Trinajstić information content (AvgIpc) is 2.76. The molecule has 1 atom stereocenters. The van der Waals surface area contributed by atoms with Crippen LogP contribution in [0.25, 0.3) is 0 Å². The van der Waals surface area contributed by atoms with E-state index in [2.05, 4.69) is 0 Å². The molecule has 1 heterocycles. The maximum absolute atomic E-state index is 13.7. The Morgan fingerprint density at radius 1 is 1.20 bits per heavy atom. The Morgan fingerprint density at radius 3 is 2.48 bits per heavy atom. The van der Waals surface area contributed by atoms with Crippen molar-refractivity contribution in [1.82, 2.24) is 5.06 Å². The minimum Gasteiger partial charge on any atom is -0.466 e. The van der Waals surface area contributed by atoms with E-state index in [1.54, 1.807) is 0 Å². The highest BCUT2D eigenvalue weighted by molar-refractivity contribution is 5.99. The molecule has 1 unspecified atom stereocenters. The number of carbonyl (C=O) groups excluding carboxylic acids is 2. The molecule has 6 nitrogen and oxygen atoms in total. The predicted octanol–water partition coefficient (Wildman–Crippen LogP) is 3.00. The maximum atomic E-state index is 13.7. The Morgan fingerprint density at radius 2 is 1.84 bits per heavy atom. The first kappa shape index (κ1) is 19.2. The van der Waals surface area contributed by atoms with Crippen LogP contribution in [0.2, 0.25) is 0 Å². The summed E-state index contributed by atoms with van der Waals surface area (Å²) in [5.41, 5.74) is -3.90. The van der Waals surface area contributed by atoms with Gasteiger partial charge in [-0.2, -0.15) is 18.2 Å². The lowest BCUT2D eigenvalue weighted by Crippen LogP contribution is -2.54. The van der Waals surface area contributed by atoms with Crippen molar-refractivity contribution in [3.8, 4) is 0 Å². The van der Waals surface area contributed by atoms with Gasteiger partial charge in [-0.15, -0.1) is 0 Å². The van der Waals surface area contributed by atoms with Gasteiger partial charge in [0.15, 0.2) is 0 Å². The number of hydrogen-bond acceptors (Lipinski definition) is 5. The maximum Gasteiger partial charge on any atom is 0.443 e. The van der Waals surface area contributed by atoms with Crippen LogP contribution in [0.15, 0.2) is 24.3 Å². The van der Waals surface area contributed by atoms with Crippen LogP contribution in [-0.2, 0) is 20.0 Å². The standard InChI is InChI=1S/C16H18F3NO5/c1-11(21)24-9-5-2-6-10-25-15(16(17,18)19)13-8-4-3-7-12(13)14(22)20(15)23/h3-4,7-8,23H,2,5-6,9-10H2,1H3. The molecule has 0 aliphatic carbocycles. The third-order valence-corrected chi connectivity index (χ3v) is 3.80. The molecule has 0 fully saturated rings. The lowest BCUT2D eigenvalue weighted by molar-refractivity contribution is -0.377. The SMILES string of the molecule is CC(=O)OCCCCCOC1(C(F)(F)F)c2ccccc2C(=O)N1O. The van der Waals surface area contributed by atoms with Crippen molar-refractivity contribution < 1.29 is 37.4 Å². The molecule has 25 heavy (non-hydrogen) atoms. The lowest BCUT2D eigenvalue weighted by Gasteiger charge is -2.36. The number of ether oxygens (including phenoxy) is 2. The zero-order valence-electron chi connectivity index (χ0n) is 13.5. The Kier molecular flexibility index (Phi) is 5.69. The highest BCUT2D eigenvalue weighted by Crippen LogP contribution is 2.49. The molecule has 0 aromatic heterocycles. The summed E-state index contributed by atoms with van der Waals surface area (Å²) in [7, 11) is 0. The zero-order valence-corrected chi connectivity index (χ0v) is 13.5. The molecule has 1 aliphatic rings. The van der Waals surface area contributed by atoms with E-state index in [-0.39, 0.29) is 25.2 Å². The second kappa shape index (κ2) is 7.40. The molecule has 1 amide bonds. The first-order valence-corrected chi connectivity index (χ1v) is 7.69. The molecule has 1 aromatic carbocycles. The molecular formula is C16H18F3NO5. The Balaban J connectivity index is 2.08. The van der Waals surface area contributed by atoms with Crippen LogP contribution in [0.3, 0.4) is 0 Å². The number of hydrogen-bond donors (Lipinski definition) is 1. The third kappa shape index (κ3) is 3.62. The van der Waals surface area contributed by atoms with E-state index >= 15 is 0 Å². The number of hydroxylamine groups is 2. The molecule has 0 spiro atoms. The van der Waals surface area contributed by atoms with Crippen LogP contribution in [0.1, 0.15) is 42.1 Å². The van der Waals surface area contributed by atoms with Crippen LogP contribution in [0.5, 0.6) is 0 Å². The number of unbranched alkanes of at least 4 members (excludes halogenated alkanes) is 2. The second-order valence-corrected chi connectivity index (χ2v) is 5.55. The fourth-order valence-electron chi connectivity index (χ4n) is 2.65. The number of esters is 1. The molecule has 138 valence electrons. The van der Waals surface area contributed by atoms with Crippen molar-refractivity contribution in [3.63, 3.8) is 0 Å². The molecule has 1 N–H and O–H groups in total. The van der Waals surface area contributed by atoms with Gasteiger partial charge in [-0.05, 0) is 25.3 Å². The number of amides is 1. The van der Waals surface area contributed by atoms with E-state index in [1.807, 2.05) is 0 Å². The molecule has 2 rings (SSSR count). The number of halogens is 3. The summed E-state index contributed by atoms with van der Waals surface area (Å²) >= 11 is 0. The van der Waals surface area contributed by atoms with Crippen LogP contribution in [0.4, 0.5) is 13.2 Å². The number of fused-ring (bicyclic) bond motifs is 1. The Labute approximate surface area is 142 Å². The van der Waals surface area contributed by atoms with Gasteiger partial charge in [-0.1, -0.05) is 18.2 Å². The van der Waals surface area contributed by atoms with E-state index < -0.39 is 34.4 Å². The monoisotopic (exact) mass is 361 g/mol. The van der Waals surface area contributed by atoms with Crippen molar-refractivity contribution in [2.75, 3.05) is 13.2 Å². The topological polar surface area (TPSA) is 76.1 Å². The zero-order chi connectivity index (χ0) is 18.7. The fourth-order valence-corrected chi connectivity index (χ4v) is 2.65. The second-order valence-electron chi connectivity index (χ2n) is 5.55. The molecule has 0 bridgehead atoms. The van der Waals surface area contributed by atoms with E-state index in [4.69, 9.17) is 9.47 Å². The summed E-state index contributed by atoms with van der Waals surface area (Å²) in [6, 6.07) is 5.06. The minimum absolute atomic E-state index is 0.174. The van der Waals surface area contributed by atoms with E-state index in [0.29, 0.717) is 12.8 Å². The predicted molar refractivity (Wildman–Crippen MR) is 78.6 cm³/mol. The van der Waals surface area contributed by atoms with Gasteiger partial charge in [-0.3, -0.25) is 14.8 Å². The molecule has 1 aliphatic heterocycles. The first-order valence-electron chi connectivity index (χ1n) is 7.69. The highest BCUT2D eigenvalue weighted by atomic mass is 19.4. The highest BCUT2D eigenvalue weighted by Gasteiger charge is 2.68. The number of carbonyl (C=O) groups is 2. The Hall–Kier alpha value is -2.13. The molecular weight excluding hydrogens is 343 g/mol. The van der Waals surface area contributed by atoms with E-state index in [9.17, 15) is 28.0 Å². The number of alkyl halides is 3. The summed E-state index contributed by atoms with van der Waals surface area (Å²) in [6.07, 6.45) is -3.85. The van der Waals surface area contributed by atoms with Crippen molar-refractivity contribution >= 4 is 11.9 Å². The van der Waals surface area contributed by atoms with Crippen LogP contribution < -0.4 is 0 Å². The molecule has 0 radical (unpaired) electrons. The summed E-state index contributed by atoms with van der Waals surface area (Å²) < 4.78 is 50.8. The van der Waals surface area contributed by atoms with Gasteiger partial charge in [-0.25, -0.2) is 0 Å². The normalized spacial score (nSPS) is 19.9. The van der Waals surface area contributed by atoms with E-state index in [1.165, 1.54) is 25.1 Å². The van der Waals surface area contributed by atoms with Crippen LogP contribution in [0, 0.1) is 0 Å². The van der Waals surface area contributed by atoms with Gasteiger partial charge in [0.1, 0.15) is 0 Å². The summed E-state index contributed by atoms with van der Waals surface area (Å²) in [6.45, 7) is 1.10. The van der Waals surface area contributed by atoms with Crippen LogP contribution >= 0.6 is 0 Å². The summed E-state index contributed by atoms with van der Waals surface area (Å²) in [4.78, 5) is 22.5. The van der Waals surface area contributed by atoms with Gasteiger partial charge in [0.05, 0.1) is 18.8 Å². The average molecular weight is 361 g/mol. The van der Waals surface area contributed by atoms with Gasteiger partial charge in [0.2, 0.25) is 0 Å². The fraction of sp³-hybridized carbons (Fsp3) is 0.500. The van der Waals surface area contributed by atoms with Crippen molar-refractivity contribution in [1.29, 1.82) is 0 Å². The van der Waals surface area contributed by atoms with Crippen molar-refractivity contribution in [2.24, 2.45) is 0 Å². The van der Waals surface area contributed by atoms with Gasteiger partial charge < -0.3 is 9.47 Å². The Bertz CT molecular complexity index is 649. The first-order chi connectivity index (χ1) is 11.7. The molecule has 9 heteroatoms. The third-order valence-electron chi connectivity index (χ3n) is 3.80. The minimum atomic E-state index is -5.03.